The van der Waals surface area contributed by atoms with Gasteiger partial charge < -0.3 is 4.74 Å². The zero-order valence-corrected chi connectivity index (χ0v) is 14.6. The molecule has 1 N–H and O–H groups in total. The summed E-state index contributed by atoms with van der Waals surface area (Å²) < 4.78 is 7.35. The Morgan fingerprint density at radius 3 is 2.58 bits per heavy atom. The van der Waals surface area contributed by atoms with Crippen LogP contribution in [0.15, 0.2) is 47.6 Å². The number of H-pyrrole nitrogens is 1. The fourth-order valence-electron chi connectivity index (χ4n) is 2.39. The van der Waals surface area contributed by atoms with Gasteiger partial charge in [-0.2, -0.15) is 14.9 Å². The molecular formula is C18H18N4OS. The first kappa shape index (κ1) is 16.1. The van der Waals surface area contributed by atoms with Crippen LogP contribution >= 0.6 is 12.2 Å². The van der Waals surface area contributed by atoms with E-state index in [-0.39, 0.29) is 0 Å². The number of methoxy groups -OCH3 is 1. The Labute approximate surface area is 145 Å². The Morgan fingerprint density at radius 1 is 1.17 bits per heavy atom. The predicted molar refractivity (Wildman–Crippen MR) is 98.3 cm³/mol. The van der Waals surface area contributed by atoms with Crippen molar-refractivity contribution in [3.05, 3.63) is 63.9 Å². The molecule has 0 aliphatic rings. The van der Waals surface area contributed by atoms with Crippen molar-refractivity contribution in [1.29, 1.82) is 0 Å². The molecule has 0 saturated carbocycles. The molecule has 6 heteroatoms. The lowest BCUT2D eigenvalue weighted by Gasteiger charge is -2.05. The van der Waals surface area contributed by atoms with E-state index in [1.54, 1.807) is 18.0 Å². The largest absolute Gasteiger partial charge is 0.496 e. The third kappa shape index (κ3) is 3.28. The smallest absolute Gasteiger partial charge is 0.216 e. The summed E-state index contributed by atoms with van der Waals surface area (Å²) in [6.45, 7) is 4.04. The van der Waals surface area contributed by atoms with Gasteiger partial charge >= 0.3 is 0 Å². The highest BCUT2D eigenvalue weighted by Crippen LogP contribution is 2.19. The molecule has 0 spiro atoms. The third-order valence-corrected chi connectivity index (χ3v) is 3.97. The van der Waals surface area contributed by atoms with Crippen molar-refractivity contribution < 1.29 is 4.74 Å². The Kier molecular flexibility index (Phi) is 4.57. The molecule has 0 saturated heterocycles. The SMILES string of the molecule is COc1ccc(/C=N\n2c(-c3ccc(C)cc3)n[nH]c2=S)cc1C. The van der Waals surface area contributed by atoms with Crippen molar-refractivity contribution in [3.63, 3.8) is 0 Å². The molecule has 3 aromatic rings. The van der Waals surface area contributed by atoms with Crippen LogP contribution in [0.5, 0.6) is 5.75 Å². The number of hydrogen-bond donors (Lipinski definition) is 1. The van der Waals surface area contributed by atoms with Gasteiger partial charge in [0.1, 0.15) is 5.75 Å². The average Bonchev–Trinajstić information content (AvgIpc) is 2.94. The number of nitrogens with one attached hydrogen (secondary N) is 1. The minimum atomic E-state index is 0.451. The van der Waals surface area contributed by atoms with Crippen LogP contribution in [-0.4, -0.2) is 28.2 Å². The second-order valence-corrected chi connectivity index (χ2v) is 5.89. The normalized spacial score (nSPS) is 11.1. The molecule has 1 heterocycles. The van der Waals surface area contributed by atoms with Crippen molar-refractivity contribution in [2.45, 2.75) is 13.8 Å². The number of hydrogen-bond acceptors (Lipinski definition) is 4. The van der Waals surface area contributed by atoms with Gasteiger partial charge in [0.15, 0.2) is 5.82 Å². The maximum atomic E-state index is 5.29. The lowest BCUT2D eigenvalue weighted by Crippen LogP contribution is -1.96. The van der Waals surface area contributed by atoms with Gasteiger partial charge in [-0.15, -0.1) is 0 Å². The van der Waals surface area contributed by atoms with Gasteiger partial charge in [0, 0.05) is 5.56 Å². The van der Waals surface area contributed by atoms with Crippen LogP contribution in [0.2, 0.25) is 0 Å². The summed E-state index contributed by atoms with van der Waals surface area (Å²) >= 11 is 5.29. The van der Waals surface area contributed by atoms with Gasteiger partial charge in [-0.1, -0.05) is 29.8 Å². The Hall–Kier alpha value is -2.73. The highest BCUT2D eigenvalue weighted by atomic mass is 32.1. The Morgan fingerprint density at radius 2 is 1.92 bits per heavy atom. The van der Waals surface area contributed by atoms with Crippen molar-refractivity contribution in [2.75, 3.05) is 7.11 Å². The predicted octanol–water partition coefficient (Wildman–Crippen LogP) is 4.12. The zero-order chi connectivity index (χ0) is 17.1. The molecule has 0 radical (unpaired) electrons. The van der Waals surface area contributed by atoms with E-state index in [4.69, 9.17) is 17.0 Å². The summed E-state index contributed by atoms with van der Waals surface area (Å²) in [6, 6.07) is 14.0. The molecule has 3 rings (SSSR count). The Balaban J connectivity index is 1.96. The van der Waals surface area contributed by atoms with E-state index in [0.29, 0.717) is 10.6 Å². The highest BCUT2D eigenvalue weighted by Gasteiger charge is 2.07. The fraction of sp³-hybridized carbons (Fsp3) is 0.167. The van der Waals surface area contributed by atoms with Crippen molar-refractivity contribution in [3.8, 4) is 17.1 Å². The zero-order valence-electron chi connectivity index (χ0n) is 13.8. The molecule has 0 unspecified atom stereocenters. The van der Waals surface area contributed by atoms with Crippen LogP contribution < -0.4 is 4.74 Å². The molecule has 0 aliphatic carbocycles. The summed E-state index contributed by atoms with van der Waals surface area (Å²) in [7, 11) is 1.66. The van der Waals surface area contributed by atoms with Crippen molar-refractivity contribution >= 4 is 18.4 Å². The van der Waals surface area contributed by atoms with E-state index in [0.717, 1.165) is 22.4 Å². The summed E-state index contributed by atoms with van der Waals surface area (Å²) in [5.74, 6) is 1.54. The molecule has 24 heavy (non-hydrogen) atoms. The van der Waals surface area contributed by atoms with Crippen LogP contribution in [0.25, 0.3) is 11.4 Å². The van der Waals surface area contributed by atoms with Crippen LogP contribution in [0.1, 0.15) is 16.7 Å². The van der Waals surface area contributed by atoms with Crippen molar-refractivity contribution in [2.24, 2.45) is 5.10 Å². The molecular weight excluding hydrogens is 320 g/mol. The minimum Gasteiger partial charge on any atom is -0.496 e. The number of aromatic amines is 1. The molecule has 0 atom stereocenters. The topological polar surface area (TPSA) is 55.2 Å². The van der Waals surface area contributed by atoms with Crippen LogP contribution in [0, 0.1) is 18.6 Å². The van der Waals surface area contributed by atoms with Gasteiger partial charge in [-0.3, -0.25) is 0 Å². The molecule has 5 nitrogen and oxygen atoms in total. The summed E-state index contributed by atoms with van der Waals surface area (Å²) in [5, 5.41) is 11.6. The van der Waals surface area contributed by atoms with E-state index in [1.165, 1.54) is 5.56 Å². The second-order valence-electron chi connectivity index (χ2n) is 5.50. The molecule has 122 valence electrons. The number of aryl methyl sites for hydroxylation is 2. The van der Waals surface area contributed by atoms with Crippen LogP contribution in [0.3, 0.4) is 0 Å². The number of nitrogens with zero attached hydrogens (tertiary/aromatic N) is 3. The third-order valence-electron chi connectivity index (χ3n) is 3.70. The van der Waals surface area contributed by atoms with Gasteiger partial charge in [-0.25, -0.2) is 5.10 Å². The van der Waals surface area contributed by atoms with E-state index < -0.39 is 0 Å². The standard InChI is InChI=1S/C18H18N4OS/c1-12-4-7-15(8-5-12)17-20-21-18(24)22(17)19-11-14-6-9-16(23-3)13(2)10-14/h4-11H,1-3H3,(H,21,24)/b19-11-. The first-order valence-corrected chi connectivity index (χ1v) is 7.93. The maximum Gasteiger partial charge on any atom is 0.216 e. The second kappa shape index (κ2) is 6.80. The van der Waals surface area contributed by atoms with Crippen LogP contribution in [-0.2, 0) is 0 Å². The number of rotatable bonds is 4. The van der Waals surface area contributed by atoms with E-state index in [9.17, 15) is 0 Å². The molecule has 2 aromatic carbocycles. The lowest BCUT2D eigenvalue weighted by molar-refractivity contribution is 0.411. The maximum absolute atomic E-state index is 5.29. The summed E-state index contributed by atoms with van der Waals surface area (Å²) in [4.78, 5) is 0. The van der Waals surface area contributed by atoms with Crippen molar-refractivity contribution in [1.82, 2.24) is 14.9 Å². The Bertz CT molecular complexity index is 938. The molecule has 0 bridgehead atoms. The van der Waals surface area contributed by atoms with E-state index >= 15 is 0 Å². The molecule has 0 amide bonds. The monoisotopic (exact) mass is 338 g/mol. The molecule has 1 aromatic heterocycles. The molecule has 0 aliphatic heterocycles. The van der Waals surface area contributed by atoms with Gasteiger partial charge in [0.05, 0.1) is 13.3 Å². The number of aromatic nitrogens is 3. The fourth-order valence-corrected chi connectivity index (χ4v) is 2.57. The first-order valence-electron chi connectivity index (χ1n) is 7.52. The van der Waals surface area contributed by atoms with Gasteiger partial charge in [-0.05, 0) is 55.4 Å². The van der Waals surface area contributed by atoms with E-state index in [1.807, 2.05) is 56.3 Å². The highest BCUT2D eigenvalue weighted by molar-refractivity contribution is 7.71. The quantitative estimate of drug-likeness (QED) is 0.575. The number of benzene rings is 2. The van der Waals surface area contributed by atoms with E-state index in [2.05, 4.69) is 15.3 Å². The average molecular weight is 338 g/mol. The lowest BCUT2D eigenvalue weighted by atomic mass is 10.1. The van der Waals surface area contributed by atoms with Gasteiger partial charge in [0.25, 0.3) is 0 Å². The molecule has 0 fully saturated rings. The summed E-state index contributed by atoms with van der Waals surface area (Å²) in [6.07, 6.45) is 1.76. The minimum absolute atomic E-state index is 0.451. The number of ether oxygens (including phenoxy) is 1. The first-order chi connectivity index (χ1) is 11.6. The van der Waals surface area contributed by atoms with Gasteiger partial charge in [0.2, 0.25) is 4.77 Å². The summed E-state index contributed by atoms with van der Waals surface area (Å²) in [5.41, 5.74) is 4.16. The van der Waals surface area contributed by atoms with Crippen LogP contribution in [0.4, 0.5) is 0 Å².